The molecule has 33 heavy (non-hydrogen) atoms. The van der Waals surface area contributed by atoms with E-state index in [0.717, 1.165) is 42.5 Å². The van der Waals surface area contributed by atoms with Crippen molar-refractivity contribution >= 4 is 28.4 Å². The molecule has 1 aliphatic heterocycles. The molecule has 1 fully saturated rings. The maximum Gasteiger partial charge on any atom is 0.256 e. The summed E-state index contributed by atoms with van der Waals surface area (Å²) in [5, 5.41) is 7.86. The molecule has 4 rings (SSSR count). The normalized spacial score (nSPS) is 15.5. The van der Waals surface area contributed by atoms with Crippen LogP contribution in [0.3, 0.4) is 0 Å². The first-order valence-corrected chi connectivity index (χ1v) is 11.7. The fourth-order valence-corrected chi connectivity index (χ4v) is 5.22. The molecule has 0 radical (unpaired) electrons. The van der Waals surface area contributed by atoms with Crippen molar-refractivity contribution in [3.63, 3.8) is 0 Å². The number of nitrogens with zero attached hydrogens (tertiary/aromatic N) is 1. The molecule has 1 amide bonds. The number of aryl methyl sites for hydroxylation is 1. The SMILES string of the molecule is COc1cc(C)[nH]c(=O)c1CNC(=O)c1c(C)n(C(C)C2CCNCC2)c2cc(Cl)ccc12. The predicted octanol–water partition coefficient (Wildman–Crippen LogP) is 4.10. The second-order valence-corrected chi connectivity index (χ2v) is 9.27. The van der Waals surface area contributed by atoms with Crippen LogP contribution in [-0.2, 0) is 6.54 Å². The molecule has 1 saturated heterocycles. The highest BCUT2D eigenvalue weighted by atomic mass is 35.5. The summed E-state index contributed by atoms with van der Waals surface area (Å²) >= 11 is 6.35. The summed E-state index contributed by atoms with van der Waals surface area (Å²) in [6.45, 7) is 8.09. The van der Waals surface area contributed by atoms with E-state index in [9.17, 15) is 9.59 Å². The Morgan fingerprint density at radius 1 is 1.27 bits per heavy atom. The first-order chi connectivity index (χ1) is 15.8. The van der Waals surface area contributed by atoms with Gasteiger partial charge >= 0.3 is 0 Å². The average molecular weight is 471 g/mol. The Balaban J connectivity index is 1.70. The number of methoxy groups -OCH3 is 1. The Morgan fingerprint density at radius 2 is 2.00 bits per heavy atom. The minimum absolute atomic E-state index is 0.0706. The van der Waals surface area contributed by atoms with Crippen molar-refractivity contribution < 1.29 is 9.53 Å². The number of benzene rings is 1. The van der Waals surface area contributed by atoms with Crippen molar-refractivity contribution in [3.8, 4) is 5.75 Å². The Morgan fingerprint density at radius 3 is 2.70 bits per heavy atom. The standard InChI is InChI=1S/C25H31ClN4O3/c1-14-11-22(33-4)20(24(31)29-14)13-28-25(32)23-16(3)30(15(2)17-7-9-27-10-8-17)21-12-18(26)5-6-19(21)23/h5-6,11-12,15,17,27H,7-10,13H2,1-4H3,(H,28,32)(H,29,31). The van der Waals surface area contributed by atoms with Gasteiger partial charge in [0.2, 0.25) is 0 Å². The smallest absolute Gasteiger partial charge is 0.256 e. The molecule has 3 aromatic rings. The molecule has 1 atom stereocenters. The zero-order valence-corrected chi connectivity index (χ0v) is 20.3. The van der Waals surface area contributed by atoms with E-state index in [-0.39, 0.29) is 24.1 Å². The zero-order valence-electron chi connectivity index (χ0n) is 19.5. The van der Waals surface area contributed by atoms with E-state index < -0.39 is 0 Å². The minimum Gasteiger partial charge on any atom is -0.496 e. The number of amides is 1. The van der Waals surface area contributed by atoms with Crippen molar-refractivity contribution in [1.29, 1.82) is 0 Å². The highest BCUT2D eigenvalue weighted by molar-refractivity contribution is 6.31. The van der Waals surface area contributed by atoms with Gasteiger partial charge in [-0.05, 0) is 70.8 Å². The van der Waals surface area contributed by atoms with Gasteiger partial charge in [0.1, 0.15) is 5.75 Å². The molecule has 1 unspecified atom stereocenters. The van der Waals surface area contributed by atoms with Crippen LogP contribution in [0.15, 0.2) is 29.1 Å². The molecule has 3 N–H and O–H groups in total. The average Bonchev–Trinajstić information content (AvgIpc) is 3.08. The second kappa shape index (κ2) is 9.61. The van der Waals surface area contributed by atoms with E-state index in [2.05, 4.69) is 27.1 Å². The van der Waals surface area contributed by atoms with Gasteiger partial charge in [-0.25, -0.2) is 0 Å². The first kappa shape index (κ1) is 23.4. The molecule has 0 bridgehead atoms. The van der Waals surface area contributed by atoms with E-state index in [1.54, 1.807) is 13.0 Å². The maximum atomic E-state index is 13.4. The number of rotatable bonds is 6. The molecule has 0 spiro atoms. The van der Waals surface area contributed by atoms with Gasteiger partial charge in [0.05, 0.1) is 30.3 Å². The molecular formula is C25H31ClN4O3. The number of aromatic amines is 1. The van der Waals surface area contributed by atoms with Gasteiger partial charge < -0.3 is 24.9 Å². The summed E-state index contributed by atoms with van der Waals surface area (Å²) < 4.78 is 7.62. The van der Waals surface area contributed by atoms with Crippen LogP contribution in [-0.4, -0.2) is 35.7 Å². The van der Waals surface area contributed by atoms with Crippen LogP contribution >= 0.6 is 11.6 Å². The van der Waals surface area contributed by atoms with E-state index >= 15 is 0 Å². The highest BCUT2D eigenvalue weighted by Gasteiger charge is 2.27. The summed E-state index contributed by atoms with van der Waals surface area (Å²) in [4.78, 5) is 28.6. The number of aromatic nitrogens is 2. The van der Waals surface area contributed by atoms with Gasteiger partial charge in [-0.2, -0.15) is 0 Å². The molecule has 0 saturated carbocycles. The molecule has 7 nitrogen and oxygen atoms in total. The van der Waals surface area contributed by atoms with Crippen molar-refractivity contribution in [2.24, 2.45) is 5.92 Å². The zero-order chi connectivity index (χ0) is 23.7. The quantitative estimate of drug-likeness (QED) is 0.506. The van der Waals surface area contributed by atoms with Gasteiger partial charge in [-0.15, -0.1) is 0 Å². The van der Waals surface area contributed by atoms with Gasteiger partial charge in [0.15, 0.2) is 0 Å². The van der Waals surface area contributed by atoms with Gasteiger partial charge in [0, 0.05) is 27.8 Å². The number of piperidine rings is 1. The van der Waals surface area contributed by atoms with Crippen molar-refractivity contribution in [1.82, 2.24) is 20.2 Å². The molecule has 0 aliphatic carbocycles. The third-order valence-corrected chi connectivity index (χ3v) is 7.02. The Kier molecular flexibility index (Phi) is 6.81. The van der Waals surface area contributed by atoms with Crippen molar-refractivity contribution in [2.45, 2.75) is 46.2 Å². The van der Waals surface area contributed by atoms with E-state index in [0.29, 0.717) is 33.5 Å². The Hall–Kier alpha value is -2.77. The first-order valence-electron chi connectivity index (χ1n) is 11.4. The van der Waals surface area contributed by atoms with Crippen LogP contribution in [0.2, 0.25) is 5.02 Å². The number of hydrogen-bond acceptors (Lipinski definition) is 4. The largest absolute Gasteiger partial charge is 0.496 e. The lowest BCUT2D eigenvalue weighted by atomic mass is 9.91. The third-order valence-electron chi connectivity index (χ3n) is 6.79. The fraction of sp³-hybridized carbons (Fsp3) is 0.440. The topological polar surface area (TPSA) is 88.2 Å². The van der Waals surface area contributed by atoms with Crippen LogP contribution in [0.5, 0.6) is 5.75 Å². The number of carbonyl (C=O) groups is 1. The number of halogens is 1. The molecular weight excluding hydrogens is 440 g/mol. The Labute approximate surface area is 198 Å². The van der Waals surface area contributed by atoms with Crippen molar-refractivity contribution in [3.05, 3.63) is 62.2 Å². The second-order valence-electron chi connectivity index (χ2n) is 8.83. The molecule has 3 heterocycles. The summed E-state index contributed by atoms with van der Waals surface area (Å²) in [5.74, 6) is 0.756. The predicted molar refractivity (Wildman–Crippen MR) is 132 cm³/mol. The van der Waals surface area contributed by atoms with Crippen LogP contribution in [0.25, 0.3) is 10.9 Å². The highest BCUT2D eigenvalue weighted by Crippen LogP contribution is 2.36. The van der Waals surface area contributed by atoms with E-state index in [1.807, 2.05) is 25.1 Å². The summed E-state index contributed by atoms with van der Waals surface area (Å²) in [6, 6.07) is 7.64. The van der Waals surface area contributed by atoms with Gasteiger partial charge in [-0.3, -0.25) is 9.59 Å². The van der Waals surface area contributed by atoms with Crippen LogP contribution < -0.4 is 20.9 Å². The van der Waals surface area contributed by atoms with Crippen LogP contribution in [0.4, 0.5) is 0 Å². The lowest BCUT2D eigenvalue weighted by molar-refractivity contribution is 0.0951. The number of H-pyrrole nitrogens is 1. The number of ether oxygens (including phenoxy) is 1. The summed E-state index contributed by atoms with van der Waals surface area (Å²) in [7, 11) is 1.52. The lowest BCUT2D eigenvalue weighted by Gasteiger charge is -2.31. The number of pyridine rings is 1. The van der Waals surface area contributed by atoms with Gasteiger partial charge in [0.25, 0.3) is 11.5 Å². The van der Waals surface area contributed by atoms with Crippen LogP contribution in [0.1, 0.15) is 53.1 Å². The summed E-state index contributed by atoms with van der Waals surface area (Å²) in [5.41, 5.74) is 3.31. The summed E-state index contributed by atoms with van der Waals surface area (Å²) in [6.07, 6.45) is 2.19. The monoisotopic (exact) mass is 470 g/mol. The third kappa shape index (κ3) is 4.52. The minimum atomic E-state index is -0.266. The van der Waals surface area contributed by atoms with Gasteiger partial charge in [-0.1, -0.05) is 17.7 Å². The van der Waals surface area contributed by atoms with E-state index in [4.69, 9.17) is 16.3 Å². The number of hydrogen-bond donors (Lipinski definition) is 3. The molecule has 8 heteroatoms. The number of nitrogens with one attached hydrogen (secondary N) is 3. The fourth-order valence-electron chi connectivity index (χ4n) is 5.05. The number of fused-ring (bicyclic) bond motifs is 1. The molecule has 1 aromatic carbocycles. The molecule has 2 aromatic heterocycles. The lowest BCUT2D eigenvalue weighted by Crippen LogP contribution is -2.32. The maximum absolute atomic E-state index is 13.4. The Bertz CT molecular complexity index is 1240. The van der Waals surface area contributed by atoms with E-state index in [1.165, 1.54) is 7.11 Å². The molecule has 1 aliphatic rings. The van der Waals surface area contributed by atoms with Crippen LogP contribution in [0, 0.1) is 19.8 Å². The molecule has 176 valence electrons. The van der Waals surface area contributed by atoms with Crippen molar-refractivity contribution in [2.75, 3.05) is 20.2 Å². The number of carbonyl (C=O) groups excluding carboxylic acids is 1.